The van der Waals surface area contributed by atoms with Crippen LogP contribution in [0.4, 0.5) is 15.8 Å². The van der Waals surface area contributed by atoms with Gasteiger partial charge in [-0.3, -0.25) is 9.59 Å². The van der Waals surface area contributed by atoms with Crippen LogP contribution in [0.15, 0.2) is 42.5 Å². The molecular weight excluding hydrogens is 335 g/mol. The van der Waals surface area contributed by atoms with Crippen LogP contribution in [-0.4, -0.2) is 17.9 Å². The number of carbonyl (C=O) groups is 2. The quantitative estimate of drug-likeness (QED) is 0.884. The SMILES string of the molecule is CCCC(=O)Nc1ccc2c(c1)N(Cc1ccc(F)cc1)C(=O)C(C)O2. The lowest BCUT2D eigenvalue weighted by atomic mass is 10.1. The second-order valence-corrected chi connectivity index (χ2v) is 6.29. The van der Waals surface area contributed by atoms with Crippen LogP contribution < -0.4 is 15.0 Å². The summed E-state index contributed by atoms with van der Waals surface area (Å²) < 4.78 is 18.8. The van der Waals surface area contributed by atoms with Gasteiger partial charge in [0.15, 0.2) is 6.10 Å². The van der Waals surface area contributed by atoms with E-state index in [-0.39, 0.29) is 17.6 Å². The summed E-state index contributed by atoms with van der Waals surface area (Å²) in [7, 11) is 0. The molecule has 0 aromatic heterocycles. The Balaban J connectivity index is 1.90. The maximum atomic E-state index is 13.1. The molecule has 0 fully saturated rings. The summed E-state index contributed by atoms with van der Waals surface area (Å²) >= 11 is 0. The van der Waals surface area contributed by atoms with Crippen LogP contribution >= 0.6 is 0 Å². The largest absolute Gasteiger partial charge is 0.479 e. The fourth-order valence-corrected chi connectivity index (χ4v) is 2.87. The third-order valence-electron chi connectivity index (χ3n) is 4.18. The zero-order valence-electron chi connectivity index (χ0n) is 14.8. The van der Waals surface area contributed by atoms with Crippen LogP contribution in [0.3, 0.4) is 0 Å². The monoisotopic (exact) mass is 356 g/mol. The first-order valence-corrected chi connectivity index (χ1v) is 8.64. The molecule has 1 atom stereocenters. The maximum absolute atomic E-state index is 13.1. The molecule has 2 aromatic rings. The van der Waals surface area contributed by atoms with E-state index in [4.69, 9.17) is 4.74 Å². The molecule has 1 unspecified atom stereocenters. The number of ether oxygens (including phenoxy) is 1. The van der Waals surface area contributed by atoms with Gasteiger partial charge in [0.2, 0.25) is 5.91 Å². The maximum Gasteiger partial charge on any atom is 0.268 e. The van der Waals surface area contributed by atoms with Crippen LogP contribution in [0.1, 0.15) is 32.3 Å². The van der Waals surface area contributed by atoms with Gasteiger partial charge in [0.05, 0.1) is 12.2 Å². The summed E-state index contributed by atoms with van der Waals surface area (Å²) in [6.07, 6.45) is 0.582. The van der Waals surface area contributed by atoms with Gasteiger partial charge in [-0.2, -0.15) is 0 Å². The van der Waals surface area contributed by atoms with E-state index in [1.807, 2.05) is 6.92 Å². The van der Waals surface area contributed by atoms with E-state index in [0.29, 0.717) is 30.1 Å². The highest BCUT2D eigenvalue weighted by Crippen LogP contribution is 2.37. The van der Waals surface area contributed by atoms with Crippen molar-refractivity contribution in [3.8, 4) is 5.75 Å². The Morgan fingerprint density at radius 2 is 1.96 bits per heavy atom. The van der Waals surface area contributed by atoms with Crippen molar-refractivity contribution in [1.29, 1.82) is 0 Å². The van der Waals surface area contributed by atoms with Gasteiger partial charge in [-0.1, -0.05) is 19.1 Å². The summed E-state index contributed by atoms with van der Waals surface area (Å²) in [6, 6.07) is 11.3. The molecule has 0 saturated heterocycles. The van der Waals surface area contributed by atoms with Gasteiger partial charge in [0, 0.05) is 12.1 Å². The van der Waals surface area contributed by atoms with Gasteiger partial charge < -0.3 is 15.0 Å². The number of carbonyl (C=O) groups excluding carboxylic acids is 2. The van der Waals surface area contributed by atoms with E-state index in [0.717, 1.165) is 12.0 Å². The lowest BCUT2D eigenvalue weighted by molar-refractivity contribution is -0.125. The molecule has 0 radical (unpaired) electrons. The highest BCUT2D eigenvalue weighted by atomic mass is 19.1. The van der Waals surface area contributed by atoms with Crippen molar-refractivity contribution in [2.75, 3.05) is 10.2 Å². The average Bonchev–Trinajstić information content (AvgIpc) is 2.61. The molecule has 2 aromatic carbocycles. The fraction of sp³-hybridized carbons (Fsp3) is 0.300. The standard InChI is InChI=1S/C20H21FN2O3/c1-3-4-19(24)22-16-9-10-18-17(11-16)23(20(25)13(2)26-18)12-14-5-7-15(21)8-6-14/h5-11,13H,3-4,12H2,1-2H3,(H,22,24). The molecule has 0 bridgehead atoms. The lowest BCUT2D eigenvalue weighted by Gasteiger charge is -2.33. The topological polar surface area (TPSA) is 58.6 Å². The van der Waals surface area contributed by atoms with Gasteiger partial charge in [-0.25, -0.2) is 4.39 Å². The molecule has 2 amide bonds. The summed E-state index contributed by atoms with van der Waals surface area (Å²) in [5.41, 5.74) is 2.00. The van der Waals surface area contributed by atoms with Gasteiger partial charge in [0.1, 0.15) is 11.6 Å². The minimum Gasteiger partial charge on any atom is -0.479 e. The summed E-state index contributed by atoms with van der Waals surface area (Å²) in [4.78, 5) is 26.1. The van der Waals surface area contributed by atoms with Gasteiger partial charge in [-0.05, 0) is 49.2 Å². The summed E-state index contributed by atoms with van der Waals surface area (Å²) in [5, 5.41) is 2.83. The van der Waals surface area contributed by atoms with Crippen molar-refractivity contribution in [2.45, 2.75) is 39.3 Å². The highest BCUT2D eigenvalue weighted by Gasteiger charge is 2.31. The lowest BCUT2D eigenvalue weighted by Crippen LogP contribution is -2.44. The zero-order valence-corrected chi connectivity index (χ0v) is 14.8. The number of hydrogen-bond donors (Lipinski definition) is 1. The van der Waals surface area contributed by atoms with Crippen molar-refractivity contribution in [3.63, 3.8) is 0 Å². The van der Waals surface area contributed by atoms with E-state index < -0.39 is 6.10 Å². The molecular formula is C20H21FN2O3. The first kappa shape index (κ1) is 17.9. The fourth-order valence-electron chi connectivity index (χ4n) is 2.87. The summed E-state index contributed by atoms with van der Waals surface area (Å²) in [6.45, 7) is 3.93. The Kier molecular flexibility index (Phi) is 5.21. The van der Waals surface area contributed by atoms with E-state index in [1.165, 1.54) is 12.1 Å². The number of benzene rings is 2. The number of nitrogens with one attached hydrogen (secondary N) is 1. The Bertz CT molecular complexity index is 820. The number of rotatable bonds is 5. The first-order chi connectivity index (χ1) is 12.5. The zero-order chi connectivity index (χ0) is 18.7. The molecule has 1 aliphatic rings. The van der Waals surface area contributed by atoms with Gasteiger partial charge >= 0.3 is 0 Å². The molecule has 1 aliphatic heterocycles. The van der Waals surface area contributed by atoms with Crippen molar-refractivity contribution < 1.29 is 18.7 Å². The Morgan fingerprint density at radius 3 is 2.65 bits per heavy atom. The van der Waals surface area contributed by atoms with E-state index in [9.17, 15) is 14.0 Å². The molecule has 3 rings (SSSR count). The second-order valence-electron chi connectivity index (χ2n) is 6.29. The van der Waals surface area contributed by atoms with E-state index in [2.05, 4.69) is 5.32 Å². The molecule has 0 saturated carbocycles. The molecule has 136 valence electrons. The van der Waals surface area contributed by atoms with E-state index in [1.54, 1.807) is 42.2 Å². The van der Waals surface area contributed by atoms with Crippen LogP contribution in [0.2, 0.25) is 0 Å². The molecule has 5 nitrogen and oxygen atoms in total. The molecule has 26 heavy (non-hydrogen) atoms. The molecule has 0 spiro atoms. The Morgan fingerprint density at radius 1 is 1.23 bits per heavy atom. The Hall–Kier alpha value is -2.89. The number of hydrogen-bond acceptors (Lipinski definition) is 3. The van der Waals surface area contributed by atoms with Gasteiger partial charge in [-0.15, -0.1) is 0 Å². The third kappa shape index (κ3) is 3.85. The van der Waals surface area contributed by atoms with Gasteiger partial charge in [0.25, 0.3) is 5.91 Å². The number of nitrogens with zero attached hydrogens (tertiary/aromatic N) is 1. The van der Waals surface area contributed by atoms with Crippen LogP contribution in [0.25, 0.3) is 0 Å². The van der Waals surface area contributed by atoms with Crippen molar-refractivity contribution >= 4 is 23.2 Å². The molecule has 6 heteroatoms. The minimum atomic E-state index is -0.608. The number of anilines is 2. The normalized spacial score (nSPS) is 16.0. The smallest absolute Gasteiger partial charge is 0.268 e. The van der Waals surface area contributed by atoms with E-state index >= 15 is 0 Å². The number of halogens is 1. The third-order valence-corrected chi connectivity index (χ3v) is 4.18. The van der Waals surface area contributed by atoms with Crippen molar-refractivity contribution in [1.82, 2.24) is 0 Å². The first-order valence-electron chi connectivity index (χ1n) is 8.64. The van der Waals surface area contributed by atoms with Crippen LogP contribution in [0, 0.1) is 5.82 Å². The number of amides is 2. The Labute approximate surface area is 151 Å². The van der Waals surface area contributed by atoms with Crippen molar-refractivity contribution in [3.05, 3.63) is 53.8 Å². The molecule has 1 N–H and O–H groups in total. The predicted molar refractivity (Wildman–Crippen MR) is 97.7 cm³/mol. The van der Waals surface area contributed by atoms with Crippen LogP contribution in [0.5, 0.6) is 5.75 Å². The molecule has 1 heterocycles. The second kappa shape index (κ2) is 7.56. The highest BCUT2D eigenvalue weighted by molar-refractivity contribution is 6.01. The number of fused-ring (bicyclic) bond motifs is 1. The average molecular weight is 356 g/mol. The molecule has 0 aliphatic carbocycles. The predicted octanol–water partition coefficient (Wildman–Crippen LogP) is 3.88. The minimum absolute atomic E-state index is 0.0750. The van der Waals surface area contributed by atoms with Crippen LogP contribution in [-0.2, 0) is 16.1 Å². The van der Waals surface area contributed by atoms with Crippen molar-refractivity contribution in [2.24, 2.45) is 0 Å². The summed E-state index contributed by atoms with van der Waals surface area (Å²) in [5.74, 6) is -0.00253.